The summed E-state index contributed by atoms with van der Waals surface area (Å²) in [6.45, 7) is 9.98. The van der Waals surface area contributed by atoms with Crippen molar-refractivity contribution in [2.24, 2.45) is 0 Å². The third-order valence-corrected chi connectivity index (χ3v) is 1.35. The van der Waals surface area contributed by atoms with Gasteiger partial charge in [-0.1, -0.05) is 0 Å². The van der Waals surface area contributed by atoms with E-state index in [1.807, 2.05) is 13.8 Å². The third-order valence-electron chi connectivity index (χ3n) is 1.35. The van der Waals surface area contributed by atoms with Gasteiger partial charge in [-0.2, -0.15) is 0 Å². The molecule has 0 unspecified atom stereocenters. The summed E-state index contributed by atoms with van der Waals surface area (Å²) in [6, 6.07) is 0. The maximum Gasteiger partial charge on any atom is 0.159 e. The monoisotopic (exact) mass is 175 g/mol. The molecule has 0 aliphatic rings. The van der Waals surface area contributed by atoms with E-state index in [1.54, 1.807) is 0 Å². The van der Waals surface area contributed by atoms with Gasteiger partial charge in [-0.3, -0.25) is 0 Å². The SMILES string of the molecule is [CH2]COCCC(OCC)OCC. The Kier molecular flexibility index (Phi) is 8.88. The van der Waals surface area contributed by atoms with Crippen molar-refractivity contribution in [2.45, 2.75) is 26.6 Å². The van der Waals surface area contributed by atoms with Crippen LogP contribution in [0.2, 0.25) is 0 Å². The van der Waals surface area contributed by atoms with Gasteiger partial charge in [-0.05, 0) is 20.8 Å². The lowest BCUT2D eigenvalue weighted by Gasteiger charge is -2.16. The topological polar surface area (TPSA) is 27.7 Å². The Labute approximate surface area is 75.0 Å². The minimum Gasteiger partial charge on any atom is -0.381 e. The van der Waals surface area contributed by atoms with E-state index in [0.717, 1.165) is 6.42 Å². The van der Waals surface area contributed by atoms with Gasteiger partial charge in [0.1, 0.15) is 0 Å². The molecular weight excluding hydrogens is 156 g/mol. The quantitative estimate of drug-likeness (QED) is 0.414. The van der Waals surface area contributed by atoms with Crippen LogP contribution in [-0.4, -0.2) is 32.7 Å². The summed E-state index contributed by atoms with van der Waals surface area (Å²) in [4.78, 5) is 0. The molecule has 12 heavy (non-hydrogen) atoms. The smallest absolute Gasteiger partial charge is 0.159 e. The molecule has 0 spiro atoms. The fourth-order valence-electron chi connectivity index (χ4n) is 0.868. The minimum absolute atomic E-state index is 0.119. The molecule has 0 aliphatic heterocycles. The Morgan fingerprint density at radius 1 is 1.17 bits per heavy atom. The van der Waals surface area contributed by atoms with Gasteiger partial charge in [0.05, 0.1) is 6.61 Å². The summed E-state index contributed by atoms with van der Waals surface area (Å²) >= 11 is 0. The van der Waals surface area contributed by atoms with E-state index >= 15 is 0 Å². The van der Waals surface area contributed by atoms with E-state index in [1.165, 1.54) is 0 Å². The maximum atomic E-state index is 5.31. The van der Waals surface area contributed by atoms with Crippen LogP contribution in [-0.2, 0) is 14.2 Å². The molecule has 3 heteroatoms. The highest BCUT2D eigenvalue weighted by atomic mass is 16.7. The second-order valence-corrected chi connectivity index (χ2v) is 2.24. The zero-order valence-corrected chi connectivity index (χ0v) is 8.04. The van der Waals surface area contributed by atoms with Gasteiger partial charge in [0.25, 0.3) is 0 Å². The Morgan fingerprint density at radius 3 is 2.17 bits per heavy atom. The van der Waals surface area contributed by atoms with E-state index < -0.39 is 0 Å². The van der Waals surface area contributed by atoms with E-state index in [-0.39, 0.29) is 6.29 Å². The molecule has 0 aliphatic carbocycles. The Balaban J connectivity index is 3.34. The summed E-state index contributed by atoms with van der Waals surface area (Å²) in [6.07, 6.45) is 0.656. The Bertz CT molecular complexity index is 79.8. The molecule has 3 nitrogen and oxygen atoms in total. The minimum atomic E-state index is -0.119. The highest BCUT2D eigenvalue weighted by molar-refractivity contribution is 4.44. The first-order valence-electron chi connectivity index (χ1n) is 4.45. The second kappa shape index (κ2) is 8.97. The molecule has 0 heterocycles. The van der Waals surface area contributed by atoms with Crippen molar-refractivity contribution in [3.8, 4) is 0 Å². The molecule has 0 saturated heterocycles. The molecule has 0 aromatic carbocycles. The lowest BCUT2D eigenvalue weighted by molar-refractivity contribution is -0.146. The van der Waals surface area contributed by atoms with Crippen molar-refractivity contribution >= 4 is 0 Å². The predicted octanol–water partition coefficient (Wildman–Crippen LogP) is 1.63. The zero-order chi connectivity index (χ0) is 9.23. The van der Waals surface area contributed by atoms with Gasteiger partial charge in [0.15, 0.2) is 6.29 Å². The summed E-state index contributed by atoms with van der Waals surface area (Å²) in [5.74, 6) is 0. The van der Waals surface area contributed by atoms with Gasteiger partial charge in [0.2, 0.25) is 0 Å². The Hall–Kier alpha value is -0.120. The molecule has 0 saturated carbocycles. The maximum absolute atomic E-state index is 5.31. The molecule has 0 bridgehead atoms. The second-order valence-electron chi connectivity index (χ2n) is 2.24. The van der Waals surface area contributed by atoms with E-state index in [0.29, 0.717) is 26.4 Å². The van der Waals surface area contributed by atoms with Gasteiger partial charge in [-0.25, -0.2) is 0 Å². The number of rotatable bonds is 8. The van der Waals surface area contributed by atoms with Crippen molar-refractivity contribution in [1.29, 1.82) is 0 Å². The van der Waals surface area contributed by atoms with Crippen LogP contribution in [0.25, 0.3) is 0 Å². The average molecular weight is 175 g/mol. The van der Waals surface area contributed by atoms with Crippen molar-refractivity contribution in [3.05, 3.63) is 6.92 Å². The van der Waals surface area contributed by atoms with Crippen LogP contribution in [0.15, 0.2) is 0 Å². The first-order valence-corrected chi connectivity index (χ1v) is 4.45. The van der Waals surface area contributed by atoms with Crippen molar-refractivity contribution < 1.29 is 14.2 Å². The molecule has 1 radical (unpaired) electrons. The van der Waals surface area contributed by atoms with Crippen molar-refractivity contribution in [2.75, 3.05) is 26.4 Å². The molecule has 73 valence electrons. The number of hydrogen-bond acceptors (Lipinski definition) is 3. The number of hydrogen-bond donors (Lipinski definition) is 0. The standard InChI is InChI=1S/C9H19O3/c1-4-10-8-7-9(11-5-2)12-6-3/h9H,1,4-8H2,2-3H3. The van der Waals surface area contributed by atoms with Gasteiger partial charge in [0, 0.05) is 26.2 Å². The average Bonchev–Trinajstić information content (AvgIpc) is 2.06. The summed E-state index contributed by atoms with van der Waals surface area (Å²) in [5, 5.41) is 0. The van der Waals surface area contributed by atoms with Crippen LogP contribution in [0.1, 0.15) is 20.3 Å². The van der Waals surface area contributed by atoms with Crippen LogP contribution in [0.3, 0.4) is 0 Å². The highest BCUT2D eigenvalue weighted by Gasteiger charge is 2.06. The predicted molar refractivity (Wildman–Crippen MR) is 47.8 cm³/mol. The molecule has 0 amide bonds. The summed E-state index contributed by atoms with van der Waals surface area (Å²) in [7, 11) is 0. The van der Waals surface area contributed by atoms with Crippen molar-refractivity contribution in [1.82, 2.24) is 0 Å². The molecule has 0 N–H and O–H groups in total. The van der Waals surface area contributed by atoms with Gasteiger partial charge < -0.3 is 14.2 Å². The Morgan fingerprint density at radius 2 is 1.75 bits per heavy atom. The summed E-state index contributed by atoms with van der Waals surface area (Å²) < 4.78 is 15.7. The van der Waals surface area contributed by atoms with Crippen LogP contribution < -0.4 is 0 Å². The molecule has 0 aromatic heterocycles. The van der Waals surface area contributed by atoms with E-state index in [2.05, 4.69) is 6.92 Å². The van der Waals surface area contributed by atoms with Gasteiger partial charge in [-0.15, -0.1) is 0 Å². The third kappa shape index (κ3) is 6.58. The fourth-order valence-corrected chi connectivity index (χ4v) is 0.868. The molecule has 0 fully saturated rings. The lowest BCUT2D eigenvalue weighted by atomic mass is 10.4. The molecule has 0 atom stereocenters. The summed E-state index contributed by atoms with van der Waals surface area (Å²) in [5.41, 5.74) is 0. The number of ether oxygens (including phenoxy) is 3. The van der Waals surface area contributed by atoms with Crippen LogP contribution in [0.4, 0.5) is 0 Å². The van der Waals surface area contributed by atoms with Crippen LogP contribution in [0, 0.1) is 6.92 Å². The van der Waals surface area contributed by atoms with Crippen molar-refractivity contribution in [3.63, 3.8) is 0 Å². The molecular formula is C9H19O3. The van der Waals surface area contributed by atoms with Gasteiger partial charge >= 0.3 is 0 Å². The lowest BCUT2D eigenvalue weighted by Crippen LogP contribution is -2.19. The highest BCUT2D eigenvalue weighted by Crippen LogP contribution is 2.00. The molecule has 0 aromatic rings. The van der Waals surface area contributed by atoms with Crippen LogP contribution in [0.5, 0.6) is 0 Å². The first-order chi connectivity index (χ1) is 5.85. The van der Waals surface area contributed by atoms with E-state index in [4.69, 9.17) is 14.2 Å². The largest absolute Gasteiger partial charge is 0.381 e. The zero-order valence-electron chi connectivity index (χ0n) is 8.04. The first kappa shape index (κ1) is 11.9. The molecule has 0 rings (SSSR count). The fraction of sp³-hybridized carbons (Fsp3) is 0.889. The van der Waals surface area contributed by atoms with Crippen LogP contribution >= 0.6 is 0 Å². The van der Waals surface area contributed by atoms with E-state index in [9.17, 15) is 0 Å². The normalized spacial score (nSPS) is 11.0.